The van der Waals surface area contributed by atoms with Crippen LogP contribution < -0.4 is 0 Å². The lowest BCUT2D eigenvalue weighted by Crippen LogP contribution is -2.27. The average Bonchev–Trinajstić information content (AvgIpc) is 2.38. The van der Waals surface area contributed by atoms with Crippen molar-refractivity contribution < 1.29 is 14.7 Å². The molecule has 1 aromatic rings. The molecule has 1 aliphatic carbocycles. The third-order valence-electron chi connectivity index (χ3n) is 3.71. The second-order valence-corrected chi connectivity index (χ2v) is 4.93. The van der Waals surface area contributed by atoms with Crippen LogP contribution in [-0.2, 0) is 9.59 Å². The molecule has 0 aliphatic heterocycles. The van der Waals surface area contributed by atoms with Gasteiger partial charge in [0.25, 0.3) is 0 Å². The fourth-order valence-electron chi connectivity index (χ4n) is 2.82. The molecule has 0 bridgehead atoms. The van der Waals surface area contributed by atoms with Gasteiger partial charge in [-0.15, -0.1) is 0 Å². The molecule has 0 heterocycles. The predicted octanol–water partition coefficient (Wildman–Crippen LogP) is 3.00. The molecule has 0 radical (unpaired) electrons. The van der Waals surface area contributed by atoms with Crippen molar-refractivity contribution in [2.24, 2.45) is 5.92 Å². The van der Waals surface area contributed by atoms with Crippen LogP contribution in [0.2, 0.25) is 0 Å². The first-order valence-electron chi connectivity index (χ1n) is 6.48. The van der Waals surface area contributed by atoms with Crippen molar-refractivity contribution in [3.8, 4) is 0 Å². The number of hydrogen-bond donors (Lipinski definition) is 1. The van der Waals surface area contributed by atoms with Gasteiger partial charge >= 0.3 is 5.97 Å². The minimum absolute atomic E-state index is 0.0421. The molecule has 1 aromatic carbocycles. The molecule has 1 aliphatic rings. The highest BCUT2D eigenvalue weighted by Gasteiger charge is 2.32. The molecule has 1 saturated carbocycles. The number of aliphatic carboxylic acids is 1. The lowest BCUT2D eigenvalue weighted by molar-refractivity contribution is -0.138. The summed E-state index contributed by atoms with van der Waals surface area (Å²) in [7, 11) is 0. The van der Waals surface area contributed by atoms with E-state index in [0.29, 0.717) is 6.42 Å². The Labute approximate surface area is 107 Å². The largest absolute Gasteiger partial charge is 0.481 e. The highest BCUT2D eigenvalue weighted by Crippen LogP contribution is 2.36. The Kier molecular flexibility index (Phi) is 4.13. The van der Waals surface area contributed by atoms with Crippen molar-refractivity contribution in [1.82, 2.24) is 0 Å². The predicted molar refractivity (Wildman–Crippen MR) is 68.4 cm³/mol. The van der Waals surface area contributed by atoms with E-state index in [-0.39, 0.29) is 24.0 Å². The Morgan fingerprint density at radius 1 is 1.28 bits per heavy atom. The van der Waals surface area contributed by atoms with Gasteiger partial charge in [0.05, 0.1) is 6.42 Å². The zero-order chi connectivity index (χ0) is 13.0. The van der Waals surface area contributed by atoms with Gasteiger partial charge in [-0.1, -0.05) is 36.8 Å². The van der Waals surface area contributed by atoms with Gasteiger partial charge in [0.1, 0.15) is 5.78 Å². The van der Waals surface area contributed by atoms with Crippen LogP contribution >= 0.6 is 0 Å². The van der Waals surface area contributed by atoms with Crippen molar-refractivity contribution in [1.29, 1.82) is 0 Å². The molecule has 2 rings (SSSR count). The zero-order valence-corrected chi connectivity index (χ0v) is 10.3. The molecule has 1 fully saturated rings. The Morgan fingerprint density at radius 2 is 2.00 bits per heavy atom. The van der Waals surface area contributed by atoms with E-state index in [0.717, 1.165) is 24.8 Å². The summed E-state index contributed by atoms with van der Waals surface area (Å²) in [6, 6.07) is 9.56. The van der Waals surface area contributed by atoms with E-state index in [1.807, 2.05) is 30.3 Å². The highest BCUT2D eigenvalue weighted by atomic mass is 16.4. The lowest BCUT2D eigenvalue weighted by Gasteiger charge is -2.28. The van der Waals surface area contributed by atoms with Crippen LogP contribution in [0.3, 0.4) is 0 Å². The van der Waals surface area contributed by atoms with E-state index >= 15 is 0 Å². The standard InChI is InChI=1S/C15H18O3/c16-14-9-5-4-8-12(14)13(10-15(17)18)11-6-2-1-3-7-11/h1-3,6-7,12-13H,4-5,8-10H2,(H,17,18). The van der Waals surface area contributed by atoms with E-state index < -0.39 is 5.97 Å². The molecular formula is C15H18O3. The Balaban J connectivity index is 2.24. The lowest BCUT2D eigenvalue weighted by atomic mass is 9.74. The summed E-state index contributed by atoms with van der Waals surface area (Å²) in [5, 5.41) is 9.05. The summed E-state index contributed by atoms with van der Waals surface area (Å²) >= 11 is 0. The first-order chi connectivity index (χ1) is 8.68. The first-order valence-corrected chi connectivity index (χ1v) is 6.48. The fraction of sp³-hybridized carbons (Fsp3) is 0.467. The van der Waals surface area contributed by atoms with Crippen molar-refractivity contribution >= 4 is 11.8 Å². The van der Waals surface area contributed by atoms with Crippen LogP contribution in [0, 0.1) is 5.92 Å². The van der Waals surface area contributed by atoms with Gasteiger partial charge in [-0.25, -0.2) is 0 Å². The SMILES string of the molecule is O=C(O)CC(c1ccccc1)C1CCCCC1=O. The van der Waals surface area contributed by atoms with Gasteiger partial charge in [0.2, 0.25) is 0 Å². The number of ketones is 1. The van der Waals surface area contributed by atoms with Crippen LogP contribution in [0.15, 0.2) is 30.3 Å². The normalized spacial score (nSPS) is 21.6. The molecular weight excluding hydrogens is 228 g/mol. The second kappa shape index (κ2) is 5.80. The van der Waals surface area contributed by atoms with E-state index in [9.17, 15) is 9.59 Å². The number of Topliss-reactive ketones (excluding diaryl/α,β-unsaturated/α-hetero) is 1. The molecule has 1 N–H and O–H groups in total. The van der Waals surface area contributed by atoms with Gasteiger partial charge in [-0.2, -0.15) is 0 Å². The Morgan fingerprint density at radius 3 is 2.61 bits per heavy atom. The first kappa shape index (κ1) is 12.8. The van der Waals surface area contributed by atoms with E-state index in [1.54, 1.807) is 0 Å². The fourth-order valence-corrected chi connectivity index (χ4v) is 2.82. The third kappa shape index (κ3) is 2.97. The quantitative estimate of drug-likeness (QED) is 0.888. The number of rotatable bonds is 4. The number of benzene rings is 1. The van der Waals surface area contributed by atoms with E-state index in [4.69, 9.17) is 5.11 Å². The van der Waals surface area contributed by atoms with Gasteiger partial charge in [-0.05, 0) is 18.4 Å². The van der Waals surface area contributed by atoms with Gasteiger partial charge < -0.3 is 5.11 Å². The van der Waals surface area contributed by atoms with Crippen molar-refractivity contribution in [2.75, 3.05) is 0 Å². The molecule has 0 amide bonds. The van der Waals surface area contributed by atoms with E-state index in [1.165, 1.54) is 0 Å². The molecule has 0 spiro atoms. The minimum atomic E-state index is -0.831. The molecule has 96 valence electrons. The van der Waals surface area contributed by atoms with Crippen molar-refractivity contribution in [2.45, 2.75) is 38.0 Å². The molecule has 18 heavy (non-hydrogen) atoms. The number of hydrogen-bond acceptors (Lipinski definition) is 2. The number of carbonyl (C=O) groups is 2. The zero-order valence-electron chi connectivity index (χ0n) is 10.3. The summed E-state index contributed by atoms with van der Waals surface area (Å²) in [6.45, 7) is 0. The number of carboxylic acid groups (broad SMARTS) is 1. The smallest absolute Gasteiger partial charge is 0.303 e. The maximum Gasteiger partial charge on any atom is 0.303 e. The van der Waals surface area contributed by atoms with Crippen molar-refractivity contribution in [3.05, 3.63) is 35.9 Å². The third-order valence-corrected chi connectivity index (χ3v) is 3.71. The van der Waals surface area contributed by atoms with E-state index in [2.05, 4.69) is 0 Å². The average molecular weight is 246 g/mol. The highest BCUT2D eigenvalue weighted by molar-refractivity contribution is 5.83. The van der Waals surface area contributed by atoms with Crippen LogP contribution in [0.4, 0.5) is 0 Å². The molecule has 2 unspecified atom stereocenters. The number of carbonyl (C=O) groups excluding carboxylic acids is 1. The molecule has 3 nitrogen and oxygen atoms in total. The van der Waals surface area contributed by atoms with Crippen molar-refractivity contribution in [3.63, 3.8) is 0 Å². The summed E-state index contributed by atoms with van der Waals surface area (Å²) in [4.78, 5) is 23.0. The van der Waals surface area contributed by atoms with Crippen LogP contribution in [-0.4, -0.2) is 16.9 Å². The van der Waals surface area contributed by atoms with Crippen LogP contribution in [0.1, 0.15) is 43.6 Å². The van der Waals surface area contributed by atoms with Crippen LogP contribution in [0.5, 0.6) is 0 Å². The maximum atomic E-state index is 12.0. The molecule has 3 heteroatoms. The minimum Gasteiger partial charge on any atom is -0.481 e. The van der Waals surface area contributed by atoms with Gasteiger partial charge in [0.15, 0.2) is 0 Å². The number of carboxylic acids is 1. The Hall–Kier alpha value is -1.64. The summed E-state index contributed by atoms with van der Waals surface area (Å²) in [6.07, 6.45) is 3.45. The van der Waals surface area contributed by atoms with Gasteiger partial charge in [0, 0.05) is 18.3 Å². The summed E-state index contributed by atoms with van der Waals surface area (Å²) < 4.78 is 0. The van der Waals surface area contributed by atoms with Gasteiger partial charge in [-0.3, -0.25) is 9.59 Å². The van der Waals surface area contributed by atoms with Crippen LogP contribution in [0.25, 0.3) is 0 Å². The second-order valence-electron chi connectivity index (χ2n) is 4.93. The molecule has 2 atom stereocenters. The maximum absolute atomic E-state index is 12.0. The summed E-state index contributed by atoms with van der Waals surface area (Å²) in [5.74, 6) is -0.882. The summed E-state index contributed by atoms with van der Waals surface area (Å²) in [5.41, 5.74) is 0.972. The molecule has 0 aromatic heterocycles. The monoisotopic (exact) mass is 246 g/mol. The molecule has 0 saturated heterocycles. The topological polar surface area (TPSA) is 54.4 Å². The Bertz CT molecular complexity index is 425.